The van der Waals surface area contributed by atoms with Crippen molar-refractivity contribution in [3.05, 3.63) is 97.1 Å². The fraction of sp³-hybridized carbons (Fsp3) is 0.148. The third kappa shape index (κ3) is 5.91. The second kappa shape index (κ2) is 10.9. The number of carbonyl (C=O) groups is 1. The first-order valence-corrected chi connectivity index (χ1v) is 12.5. The zero-order valence-electron chi connectivity index (χ0n) is 19.3. The summed E-state index contributed by atoms with van der Waals surface area (Å²) < 4.78 is 38.7. The van der Waals surface area contributed by atoms with Crippen molar-refractivity contribution in [2.75, 3.05) is 31.1 Å². The number of hydrogen-bond acceptors (Lipinski definition) is 5. The van der Waals surface area contributed by atoms with Gasteiger partial charge in [0.1, 0.15) is 24.7 Å². The van der Waals surface area contributed by atoms with Crippen molar-refractivity contribution in [3.8, 4) is 11.5 Å². The van der Waals surface area contributed by atoms with Crippen LogP contribution in [0.2, 0.25) is 0 Å². The van der Waals surface area contributed by atoms with Gasteiger partial charge < -0.3 is 14.8 Å². The molecule has 0 spiro atoms. The van der Waals surface area contributed by atoms with Gasteiger partial charge in [-0.15, -0.1) is 0 Å². The number of anilines is 1. The molecule has 0 heterocycles. The average molecular weight is 491 g/mol. The number of ether oxygens (including phenoxy) is 2. The maximum absolute atomic E-state index is 13.3. The number of amides is 1. The molecule has 1 N–H and O–H groups in total. The average Bonchev–Trinajstić information content (AvgIpc) is 2.90. The van der Waals surface area contributed by atoms with Gasteiger partial charge in [0.2, 0.25) is 5.91 Å². The van der Waals surface area contributed by atoms with Crippen LogP contribution in [0, 0.1) is 0 Å². The molecule has 0 bridgehead atoms. The molecule has 0 radical (unpaired) electrons. The van der Waals surface area contributed by atoms with Crippen molar-refractivity contribution in [3.63, 3.8) is 0 Å². The van der Waals surface area contributed by atoms with Gasteiger partial charge in [-0.05, 0) is 59.3 Å². The molecular weight excluding hydrogens is 464 g/mol. The number of hydrogen-bond donors (Lipinski definition) is 1. The van der Waals surface area contributed by atoms with E-state index in [1.807, 2.05) is 42.5 Å². The van der Waals surface area contributed by atoms with Crippen LogP contribution in [-0.2, 0) is 14.8 Å². The Morgan fingerprint density at radius 2 is 1.49 bits per heavy atom. The first kappa shape index (κ1) is 24.1. The lowest BCUT2D eigenvalue weighted by Crippen LogP contribution is -2.41. The van der Waals surface area contributed by atoms with Crippen molar-refractivity contribution in [2.24, 2.45) is 0 Å². The number of benzene rings is 4. The number of carbonyl (C=O) groups excluding carboxylic acids is 1. The van der Waals surface area contributed by atoms with E-state index in [0.717, 1.165) is 15.1 Å². The summed E-state index contributed by atoms with van der Waals surface area (Å²) in [4.78, 5) is 12.8. The van der Waals surface area contributed by atoms with Crippen LogP contribution in [0.15, 0.2) is 102 Å². The number of sulfonamides is 1. The molecule has 180 valence electrons. The molecule has 1 amide bonds. The predicted molar refractivity (Wildman–Crippen MR) is 136 cm³/mol. The van der Waals surface area contributed by atoms with Gasteiger partial charge in [0.15, 0.2) is 0 Å². The fourth-order valence-corrected chi connectivity index (χ4v) is 5.03. The first-order chi connectivity index (χ1) is 17.0. The van der Waals surface area contributed by atoms with Gasteiger partial charge in [0, 0.05) is 0 Å². The highest BCUT2D eigenvalue weighted by Crippen LogP contribution is 2.25. The van der Waals surface area contributed by atoms with Gasteiger partial charge in [-0.3, -0.25) is 9.10 Å². The van der Waals surface area contributed by atoms with E-state index in [-0.39, 0.29) is 24.6 Å². The van der Waals surface area contributed by atoms with E-state index in [1.54, 1.807) is 42.5 Å². The van der Waals surface area contributed by atoms with Gasteiger partial charge in [0.25, 0.3) is 10.0 Å². The zero-order chi connectivity index (χ0) is 24.7. The highest BCUT2D eigenvalue weighted by atomic mass is 32.2. The van der Waals surface area contributed by atoms with Gasteiger partial charge in [-0.2, -0.15) is 0 Å². The van der Waals surface area contributed by atoms with Crippen LogP contribution in [0.25, 0.3) is 10.8 Å². The lowest BCUT2D eigenvalue weighted by Gasteiger charge is -2.24. The fourth-order valence-electron chi connectivity index (χ4n) is 3.59. The molecule has 0 saturated heterocycles. The van der Waals surface area contributed by atoms with E-state index in [4.69, 9.17) is 9.47 Å². The monoisotopic (exact) mass is 490 g/mol. The normalized spacial score (nSPS) is 11.1. The molecule has 4 rings (SSSR count). The zero-order valence-corrected chi connectivity index (χ0v) is 20.1. The minimum absolute atomic E-state index is 0.100. The predicted octanol–water partition coefficient (Wildman–Crippen LogP) is 4.24. The Morgan fingerprint density at radius 3 is 2.20 bits per heavy atom. The van der Waals surface area contributed by atoms with Crippen LogP contribution in [0.1, 0.15) is 0 Å². The van der Waals surface area contributed by atoms with E-state index in [9.17, 15) is 13.2 Å². The van der Waals surface area contributed by atoms with E-state index in [0.29, 0.717) is 17.2 Å². The number of rotatable bonds is 10. The molecule has 0 unspecified atom stereocenters. The van der Waals surface area contributed by atoms with Crippen molar-refractivity contribution >= 4 is 32.4 Å². The smallest absolute Gasteiger partial charge is 0.264 e. The number of methoxy groups -OCH3 is 1. The minimum atomic E-state index is -3.96. The molecule has 35 heavy (non-hydrogen) atoms. The Balaban J connectivity index is 1.41. The summed E-state index contributed by atoms with van der Waals surface area (Å²) in [6.45, 7) is 0.102. The van der Waals surface area contributed by atoms with E-state index < -0.39 is 15.9 Å². The van der Waals surface area contributed by atoms with Crippen molar-refractivity contribution < 1.29 is 22.7 Å². The molecule has 0 aromatic heterocycles. The minimum Gasteiger partial charge on any atom is -0.497 e. The summed E-state index contributed by atoms with van der Waals surface area (Å²) in [6, 6.07) is 28.3. The Morgan fingerprint density at radius 1 is 0.829 bits per heavy atom. The second-order valence-corrected chi connectivity index (χ2v) is 9.59. The first-order valence-electron chi connectivity index (χ1n) is 11.1. The summed E-state index contributed by atoms with van der Waals surface area (Å²) >= 11 is 0. The third-order valence-corrected chi connectivity index (χ3v) is 7.18. The molecule has 0 aliphatic rings. The van der Waals surface area contributed by atoms with Crippen LogP contribution in [0.4, 0.5) is 5.69 Å². The Labute approximate surface area is 205 Å². The molecule has 0 atom stereocenters. The van der Waals surface area contributed by atoms with Crippen LogP contribution in [0.3, 0.4) is 0 Å². The summed E-state index contributed by atoms with van der Waals surface area (Å²) in [5.41, 5.74) is 0.359. The lowest BCUT2D eigenvalue weighted by atomic mass is 10.1. The van der Waals surface area contributed by atoms with Gasteiger partial charge in [-0.25, -0.2) is 8.42 Å². The highest BCUT2D eigenvalue weighted by molar-refractivity contribution is 7.92. The van der Waals surface area contributed by atoms with Crippen LogP contribution in [0.5, 0.6) is 11.5 Å². The highest BCUT2D eigenvalue weighted by Gasteiger charge is 2.27. The SMILES string of the molecule is COc1ccc(N(CC(=O)NCCOc2ccc3ccccc3c2)S(=O)(=O)c2ccccc2)cc1. The molecule has 4 aromatic rings. The van der Waals surface area contributed by atoms with Crippen molar-refractivity contribution in [1.29, 1.82) is 0 Å². The molecule has 8 heteroatoms. The van der Waals surface area contributed by atoms with E-state index in [1.165, 1.54) is 19.2 Å². The van der Waals surface area contributed by atoms with Crippen molar-refractivity contribution in [1.82, 2.24) is 5.32 Å². The molecule has 0 fully saturated rings. The maximum atomic E-state index is 13.3. The molecule has 7 nitrogen and oxygen atoms in total. The topological polar surface area (TPSA) is 84.9 Å². The van der Waals surface area contributed by atoms with Gasteiger partial charge >= 0.3 is 0 Å². The molecule has 0 saturated carbocycles. The molecule has 4 aromatic carbocycles. The Hall–Kier alpha value is -4.04. The summed E-state index contributed by atoms with van der Waals surface area (Å²) in [5.74, 6) is 0.841. The van der Waals surface area contributed by atoms with Crippen LogP contribution >= 0.6 is 0 Å². The second-order valence-electron chi connectivity index (χ2n) is 7.73. The van der Waals surface area contributed by atoms with E-state index >= 15 is 0 Å². The third-order valence-electron chi connectivity index (χ3n) is 5.39. The summed E-state index contributed by atoms with van der Waals surface area (Å²) in [5, 5.41) is 4.92. The lowest BCUT2D eigenvalue weighted by molar-refractivity contribution is -0.119. The van der Waals surface area contributed by atoms with Crippen LogP contribution in [-0.4, -0.2) is 41.1 Å². The van der Waals surface area contributed by atoms with Gasteiger partial charge in [0.05, 0.1) is 24.2 Å². The van der Waals surface area contributed by atoms with Crippen LogP contribution < -0.4 is 19.1 Å². The maximum Gasteiger partial charge on any atom is 0.264 e. The number of fused-ring (bicyclic) bond motifs is 1. The summed E-state index contributed by atoms with van der Waals surface area (Å²) in [6.07, 6.45) is 0. The number of nitrogens with zero attached hydrogens (tertiary/aromatic N) is 1. The number of nitrogens with one attached hydrogen (secondary N) is 1. The van der Waals surface area contributed by atoms with Crippen molar-refractivity contribution in [2.45, 2.75) is 4.90 Å². The van der Waals surface area contributed by atoms with Gasteiger partial charge in [-0.1, -0.05) is 48.5 Å². The summed E-state index contributed by atoms with van der Waals surface area (Å²) in [7, 11) is -2.43. The molecule has 0 aliphatic carbocycles. The molecular formula is C27H26N2O5S. The van der Waals surface area contributed by atoms with E-state index in [2.05, 4.69) is 5.32 Å². The Bertz CT molecular complexity index is 1390. The standard InChI is InChI=1S/C27H26N2O5S/c1-33-24-15-12-23(13-16-24)29(35(31,32)26-9-3-2-4-10-26)20-27(30)28-17-18-34-25-14-11-21-7-5-6-8-22(21)19-25/h2-16,19H,17-18,20H2,1H3,(H,28,30). The quantitative estimate of drug-likeness (QED) is 0.336. The largest absolute Gasteiger partial charge is 0.497 e. The Kier molecular flexibility index (Phi) is 7.52. The molecule has 0 aliphatic heterocycles.